The van der Waals surface area contributed by atoms with Gasteiger partial charge in [0.2, 0.25) is 6.79 Å². The number of rotatable bonds is 4. The Bertz CT molecular complexity index is 637. The van der Waals surface area contributed by atoms with Crippen LogP contribution in [0.5, 0.6) is 11.5 Å². The van der Waals surface area contributed by atoms with Crippen LogP contribution in [0.2, 0.25) is 0 Å². The van der Waals surface area contributed by atoms with Crippen LogP contribution in [0.1, 0.15) is 18.4 Å². The maximum atomic E-state index is 5.49. The summed E-state index contributed by atoms with van der Waals surface area (Å²) in [5.74, 6) is 4.47. The van der Waals surface area contributed by atoms with E-state index in [4.69, 9.17) is 9.47 Å². The molecule has 5 rings (SSSR count). The lowest BCUT2D eigenvalue weighted by molar-refractivity contribution is 0.108. The topological polar surface area (TPSA) is 24.9 Å². The van der Waals surface area contributed by atoms with E-state index < -0.39 is 0 Å². The smallest absolute Gasteiger partial charge is 0.231 e. The van der Waals surface area contributed by atoms with Crippen molar-refractivity contribution in [3.05, 3.63) is 35.9 Å². The van der Waals surface area contributed by atoms with E-state index in [0.29, 0.717) is 6.79 Å². The van der Waals surface area contributed by atoms with Crippen molar-refractivity contribution in [2.24, 2.45) is 17.8 Å². The van der Waals surface area contributed by atoms with Crippen LogP contribution in [0.4, 0.5) is 0 Å². The second kappa shape index (κ2) is 6.08. The van der Waals surface area contributed by atoms with Gasteiger partial charge in [-0.3, -0.25) is 4.90 Å². The summed E-state index contributed by atoms with van der Waals surface area (Å²) in [5, 5.41) is 0. The van der Waals surface area contributed by atoms with Gasteiger partial charge in [-0.05, 0) is 48.3 Å². The molecule has 24 heavy (non-hydrogen) atoms. The third-order valence-corrected chi connectivity index (χ3v) is 6.22. The van der Waals surface area contributed by atoms with Gasteiger partial charge in [0, 0.05) is 39.3 Å². The molecule has 0 aromatic heterocycles. The molecule has 0 amide bonds. The Labute approximate surface area is 144 Å². The fourth-order valence-electron chi connectivity index (χ4n) is 4.86. The van der Waals surface area contributed by atoms with Crippen molar-refractivity contribution >= 4 is 0 Å². The number of piperazine rings is 1. The predicted molar refractivity (Wildman–Crippen MR) is 93.1 cm³/mol. The minimum Gasteiger partial charge on any atom is -0.454 e. The van der Waals surface area contributed by atoms with Crippen molar-refractivity contribution in [3.8, 4) is 11.5 Å². The van der Waals surface area contributed by atoms with E-state index in [1.54, 1.807) is 0 Å². The molecule has 1 saturated heterocycles. The molecular formula is C20H26N2O2. The zero-order chi connectivity index (χ0) is 15.9. The van der Waals surface area contributed by atoms with Gasteiger partial charge in [-0.15, -0.1) is 0 Å². The average Bonchev–Trinajstić information content (AvgIpc) is 3.32. The van der Waals surface area contributed by atoms with Gasteiger partial charge in [-0.1, -0.05) is 18.2 Å². The predicted octanol–water partition coefficient (Wildman–Crippen LogP) is 2.75. The first kappa shape index (κ1) is 14.8. The third-order valence-electron chi connectivity index (χ3n) is 6.22. The average molecular weight is 326 g/mol. The molecule has 0 radical (unpaired) electrons. The Hall–Kier alpha value is -1.52. The fraction of sp³-hybridized carbons (Fsp3) is 0.600. The summed E-state index contributed by atoms with van der Waals surface area (Å²) < 4.78 is 10.9. The van der Waals surface area contributed by atoms with Gasteiger partial charge in [0.15, 0.2) is 11.5 Å². The van der Waals surface area contributed by atoms with Crippen LogP contribution < -0.4 is 9.47 Å². The minimum atomic E-state index is 0.357. The molecule has 2 heterocycles. The van der Waals surface area contributed by atoms with Crippen LogP contribution >= 0.6 is 0 Å². The Kier molecular flexibility index (Phi) is 3.75. The van der Waals surface area contributed by atoms with Crippen LogP contribution in [0.3, 0.4) is 0 Å². The molecule has 0 N–H and O–H groups in total. The lowest BCUT2D eigenvalue weighted by atomic mass is 9.93. The fourth-order valence-corrected chi connectivity index (χ4v) is 4.86. The van der Waals surface area contributed by atoms with Crippen LogP contribution in [0, 0.1) is 17.8 Å². The van der Waals surface area contributed by atoms with Gasteiger partial charge < -0.3 is 14.4 Å². The minimum absolute atomic E-state index is 0.357. The highest BCUT2D eigenvalue weighted by molar-refractivity contribution is 5.44. The monoisotopic (exact) mass is 326 g/mol. The van der Waals surface area contributed by atoms with E-state index in [9.17, 15) is 0 Å². The van der Waals surface area contributed by atoms with E-state index in [2.05, 4.69) is 34.1 Å². The van der Waals surface area contributed by atoms with Gasteiger partial charge >= 0.3 is 0 Å². The normalized spacial score (nSPS) is 31.9. The number of ether oxygens (including phenoxy) is 2. The molecular weight excluding hydrogens is 300 g/mol. The number of benzene rings is 1. The molecule has 4 nitrogen and oxygen atoms in total. The van der Waals surface area contributed by atoms with Crippen molar-refractivity contribution in [1.29, 1.82) is 0 Å². The number of fused-ring (bicyclic) bond motifs is 3. The van der Waals surface area contributed by atoms with E-state index >= 15 is 0 Å². The third kappa shape index (κ3) is 2.82. The molecule has 4 heteroatoms. The molecule has 2 aliphatic carbocycles. The van der Waals surface area contributed by atoms with Crippen molar-refractivity contribution in [2.75, 3.05) is 39.5 Å². The second-order valence-corrected chi connectivity index (χ2v) is 7.80. The van der Waals surface area contributed by atoms with Gasteiger partial charge in [-0.25, -0.2) is 0 Å². The standard InChI is InChI=1S/C20H26N2O2/c1-3-17-9-15(1)10-18(17)13-22-7-5-21(6-8-22)12-16-2-4-19-20(11-16)24-14-23-19/h1-4,11,15,17-18H,5-10,12-14H2/t15-,17-,18-/m1/s1. The second-order valence-electron chi connectivity index (χ2n) is 7.80. The summed E-state index contributed by atoms with van der Waals surface area (Å²) in [6.45, 7) is 7.45. The summed E-state index contributed by atoms with van der Waals surface area (Å²) in [7, 11) is 0. The van der Waals surface area contributed by atoms with E-state index in [-0.39, 0.29) is 0 Å². The van der Waals surface area contributed by atoms with Crippen LogP contribution in [0.25, 0.3) is 0 Å². The Morgan fingerprint density at radius 3 is 2.54 bits per heavy atom. The first-order valence-electron chi connectivity index (χ1n) is 9.35. The molecule has 3 atom stereocenters. The zero-order valence-corrected chi connectivity index (χ0v) is 14.2. The van der Waals surface area contributed by atoms with Crippen molar-refractivity contribution in [3.63, 3.8) is 0 Å². The maximum Gasteiger partial charge on any atom is 0.231 e. The summed E-state index contributed by atoms with van der Waals surface area (Å²) in [6, 6.07) is 6.34. The van der Waals surface area contributed by atoms with Crippen LogP contribution in [0.15, 0.2) is 30.4 Å². The largest absolute Gasteiger partial charge is 0.454 e. The zero-order valence-electron chi connectivity index (χ0n) is 14.2. The van der Waals surface area contributed by atoms with Gasteiger partial charge in [0.25, 0.3) is 0 Å². The first-order chi connectivity index (χ1) is 11.8. The molecule has 0 unspecified atom stereocenters. The summed E-state index contributed by atoms with van der Waals surface area (Å²) >= 11 is 0. The quantitative estimate of drug-likeness (QED) is 0.795. The summed E-state index contributed by atoms with van der Waals surface area (Å²) in [4.78, 5) is 5.25. The molecule has 1 aromatic carbocycles. The molecule has 2 fully saturated rings. The molecule has 1 saturated carbocycles. The highest BCUT2D eigenvalue weighted by atomic mass is 16.7. The number of nitrogens with zero attached hydrogens (tertiary/aromatic N) is 2. The van der Waals surface area contributed by atoms with Crippen molar-refractivity contribution < 1.29 is 9.47 Å². The van der Waals surface area contributed by atoms with E-state index in [0.717, 1.165) is 35.8 Å². The molecule has 4 aliphatic rings. The van der Waals surface area contributed by atoms with E-state index in [1.165, 1.54) is 51.1 Å². The summed E-state index contributed by atoms with van der Waals surface area (Å²) in [6.07, 6.45) is 7.78. The Balaban J connectivity index is 1.12. The van der Waals surface area contributed by atoms with Gasteiger partial charge in [0.1, 0.15) is 0 Å². The molecule has 2 bridgehead atoms. The van der Waals surface area contributed by atoms with Gasteiger partial charge in [0.05, 0.1) is 0 Å². The Morgan fingerprint density at radius 1 is 0.917 bits per heavy atom. The molecule has 0 spiro atoms. The SMILES string of the molecule is C1=C[C@@H]2C[C@@H]1C[C@@H]2CN1CCN(Cc2ccc3c(c2)OCO3)CC1. The van der Waals surface area contributed by atoms with Crippen LogP contribution in [-0.2, 0) is 6.54 Å². The molecule has 2 aliphatic heterocycles. The van der Waals surface area contributed by atoms with E-state index in [1.807, 2.05) is 6.07 Å². The lowest BCUT2D eigenvalue weighted by Gasteiger charge is -2.37. The number of hydrogen-bond acceptors (Lipinski definition) is 4. The van der Waals surface area contributed by atoms with Gasteiger partial charge in [-0.2, -0.15) is 0 Å². The highest BCUT2D eigenvalue weighted by Gasteiger charge is 2.36. The molecule has 128 valence electrons. The molecule has 1 aromatic rings. The maximum absolute atomic E-state index is 5.49. The van der Waals surface area contributed by atoms with Crippen LogP contribution in [-0.4, -0.2) is 49.3 Å². The lowest BCUT2D eigenvalue weighted by Crippen LogP contribution is -2.47. The van der Waals surface area contributed by atoms with Crippen molar-refractivity contribution in [1.82, 2.24) is 9.80 Å². The Morgan fingerprint density at radius 2 is 1.75 bits per heavy atom. The highest BCUT2D eigenvalue weighted by Crippen LogP contribution is 2.43. The number of allylic oxidation sites excluding steroid dienone is 2. The summed E-state index contributed by atoms with van der Waals surface area (Å²) in [5.41, 5.74) is 1.32. The number of hydrogen-bond donors (Lipinski definition) is 0. The van der Waals surface area contributed by atoms with Crippen molar-refractivity contribution in [2.45, 2.75) is 19.4 Å². The first-order valence-corrected chi connectivity index (χ1v) is 9.35.